The summed E-state index contributed by atoms with van der Waals surface area (Å²) in [6, 6.07) is 14.5. The maximum atomic E-state index is 6.82. The summed E-state index contributed by atoms with van der Waals surface area (Å²) in [5, 5.41) is 0. The van der Waals surface area contributed by atoms with Crippen molar-refractivity contribution in [2.45, 2.75) is 349 Å². The van der Waals surface area contributed by atoms with Gasteiger partial charge in [0.15, 0.2) is 0 Å². The zero-order valence-corrected chi connectivity index (χ0v) is 64.2. The number of benzene rings is 3. The minimum atomic E-state index is -2.07. The van der Waals surface area contributed by atoms with Crippen LogP contribution >= 0.6 is 0 Å². The number of hydrogen-bond donors (Lipinski definition) is 0. The second-order valence-electron chi connectivity index (χ2n) is 28.7. The van der Waals surface area contributed by atoms with Crippen molar-refractivity contribution < 1.29 is 18.9 Å². The molecule has 0 unspecified atom stereocenters. The van der Waals surface area contributed by atoms with E-state index in [1.165, 1.54) is 154 Å². The van der Waals surface area contributed by atoms with Crippen molar-refractivity contribution in [2.24, 2.45) is 0 Å². The predicted molar refractivity (Wildman–Crippen MR) is 407 cm³/mol. The van der Waals surface area contributed by atoms with Crippen molar-refractivity contribution in [1.82, 2.24) is 0 Å². The lowest BCUT2D eigenvalue weighted by Gasteiger charge is -2.38. The van der Waals surface area contributed by atoms with Crippen molar-refractivity contribution in [3.05, 3.63) is 81.4 Å². The minimum Gasteiger partial charge on any atom is -0.492 e. The number of terminal acetylenes is 1. The molecule has 0 saturated carbocycles. The van der Waals surface area contributed by atoms with Crippen LogP contribution in [0.5, 0.6) is 23.0 Å². The summed E-state index contributed by atoms with van der Waals surface area (Å²) in [4.78, 5) is 0. The Morgan fingerprint density at radius 2 is 0.478 bits per heavy atom. The summed E-state index contributed by atoms with van der Waals surface area (Å²) in [6.07, 6.45) is 45.8. The summed E-state index contributed by atoms with van der Waals surface area (Å²) < 4.78 is 27.3. The number of rotatable bonds is 46. The SMILES string of the molecule is C#Cc1cc(C#Cc2cc(OCCCCCCCCCC)c(C#C[Si](C(C)C)(C(C)C)C(C)C)cc2OCCCCCCCCCC)cc(C#Cc2cc(OCCCCCCCCCC)c(C#C[Si](C(C)C)(C(C)C)C(C)C)cc2OCCCCCCCCCC)c1. The molecule has 3 rings (SSSR count). The van der Waals surface area contributed by atoms with Gasteiger partial charge in [0.1, 0.15) is 39.1 Å². The van der Waals surface area contributed by atoms with E-state index >= 15 is 0 Å². The summed E-state index contributed by atoms with van der Waals surface area (Å²) in [7, 11) is -4.14. The highest BCUT2D eigenvalue weighted by Crippen LogP contribution is 2.43. The van der Waals surface area contributed by atoms with Crippen LogP contribution in [0.4, 0.5) is 0 Å². The standard InChI is InChI=1S/C86H134O4Si2/c1-18-23-27-31-35-39-43-47-57-87-83-68-81(55-61-91(70(6)7,71(8)9)72(10)11)85(89-59-49-45-41-37-33-29-25-20-3)66-79(83)53-51-77-63-76(22-5)64-78(65-77)52-54-80-67-86(90-60-50-46-42-38-34-30-26-21-4)82(56-62-92(73(12)13,74(14)15)75(16)17)69-84(80)88-58-48-44-40-36-32-28-24-19-2/h5,63-75H,18-21,23-50,57-60H2,1-4,6-17H3. The maximum Gasteiger partial charge on any atom is 0.146 e. The zero-order chi connectivity index (χ0) is 67.4. The van der Waals surface area contributed by atoms with Gasteiger partial charge in [-0.2, -0.15) is 0 Å². The Labute approximate surface area is 571 Å². The molecule has 0 amide bonds. The molecular weight excluding hydrogens is 1150 g/mol. The number of unbranched alkanes of at least 4 members (excludes halogenated alkanes) is 28. The molecule has 0 fully saturated rings. The first-order chi connectivity index (χ1) is 44.4. The average molecular weight is 1290 g/mol. The van der Waals surface area contributed by atoms with Crippen LogP contribution in [0.15, 0.2) is 42.5 Å². The topological polar surface area (TPSA) is 36.9 Å². The molecule has 0 aromatic heterocycles. The highest BCUT2D eigenvalue weighted by atomic mass is 28.3. The summed E-state index contributed by atoms with van der Waals surface area (Å²) in [5.74, 6) is 27.9. The van der Waals surface area contributed by atoms with Gasteiger partial charge in [-0.15, -0.1) is 17.5 Å². The third kappa shape index (κ3) is 29.4. The molecule has 0 saturated heterocycles. The highest BCUT2D eigenvalue weighted by molar-refractivity contribution is 6.91. The second kappa shape index (κ2) is 47.9. The third-order valence-electron chi connectivity index (χ3n) is 19.5. The van der Waals surface area contributed by atoms with Crippen molar-refractivity contribution in [1.29, 1.82) is 0 Å². The Balaban J connectivity index is 2.27. The molecule has 92 heavy (non-hydrogen) atoms. The van der Waals surface area contributed by atoms with Crippen LogP contribution in [-0.4, -0.2) is 42.6 Å². The lowest BCUT2D eigenvalue weighted by Crippen LogP contribution is -2.43. The summed E-state index contributed by atoms with van der Waals surface area (Å²) in [6.45, 7) is 40.2. The quantitative estimate of drug-likeness (QED) is 0.0321. The normalized spacial score (nSPS) is 11.5. The molecule has 0 aliphatic heterocycles. The molecule has 4 nitrogen and oxygen atoms in total. The van der Waals surface area contributed by atoms with Crippen LogP contribution in [0, 0.1) is 59.0 Å². The van der Waals surface area contributed by atoms with Gasteiger partial charge < -0.3 is 18.9 Å². The Hall–Kier alpha value is -4.91. The molecule has 0 radical (unpaired) electrons. The van der Waals surface area contributed by atoms with E-state index in [4.69, 9.17) is 25.4 Å². The van der Waals surface area contributed by atoms with Crippen LogP contribution in [0.1, 0.15) is 355 Å². The number of hydrogen-bond acceptors (Lipinski definition) is 4. The molecule has 510 valence electrons. The molecule has 0 heterocycles. The van der Waals surface area contributed by atoms with E-state index in [1.54, 1.807) is 0 Å². The third-order valence-corrected chi connectivity index (χ3v) is 32.1. The van der Waals surface area contributed by atoms with Gasteiger partial charge in [-0.05, 0) is 77.1 Å². The summed E-state index contributed by atoms with van der Waals surface area (Å²) >= 11 is 0. The van der Waals surface area contributed by atoms with E-state index in [0.717, 1.165) is 113 Å². The Kier molecular flexibility index (Phi) is 42.3. The van der Waals surface area contributed by atoms with Crippen LogP contribution in [0.2, 0.25) is 33.2 Å². The average Bonchev–Trinajstić information content (AvgIpc) is 0.866. The van der Waals surface area contributed by atoms with Gasteiger partial charge in [-0.3, -0.25) is 0 Å². The van der Waals surface area contributed by atoms with Gasteiger partial charge in [0.25, 0.3) is 0 Å². The van der Waals surface area contributed by atoms with E-state index in [2.05, 4.69) is 194 Å². The fourth-order valence-electron chi connectivity index (χ4n) is 14.0. The van der Waals surface area contributed by atoms with Gasteiger partial charge in [-0.1, -0.05) is 332 Å². The Morgan fingerprint density at radius 1 is 0.272 bits per heavy atom. The smallest absolute Gasteiger partial charge is 0.146 e. The van der Waals surface area contributed by atoms with Crippen LogP contribution in [-0.2, 0) is 0 Å². The first-order valence-electron chi connectivity index (χ1n) is 38.0. The van der Waals surface area contributed by atoms with Crippen LogP contribution in [0.3, 0.4) is 0 Å². The van der Waals surface area contributed by atoms with Gasteiger partial charge in [-0.25, -0.2) is 0 Å². The lowest BCUT2D eigenvalue weighted by molar-refractivity contribution is 0.295. The monoisotopic (exact) mass is 1290 g/mol. The fourth-order valence-corrected chi connectivity index (χ4v) is 24.4. The summed E-state index contributed by atoms with van der Waals surface area (Å²) in [5.41, 5.74) is 16.7. The van der Waals surface area contributed by atoms with Gasteiger partial charge in [0, 0.05) is 41.0 Å². The van der Waals surface area contributed by atoms with E-state index in [1.807, 2.05) is 12.1 Å². The molecule has 6 heteroatoms. The van der Waals surface area contributed by atoms with Gasteiger partial charge in [0.2, 0.25) is 0 Å². The molecule has 0 bridgehead atoms. The van der Waals surface area contributed by atoms with Crippen molar-refractivity contribution in [2.75, 3.05) is 26.4 Å². The van der Waals surface area contributed by atoms with Gasteiger partial charge in [0.05, 0.1) is 48.7 Å². The largest absolute Gasteiger partial charge is 0.492 e. The highest BCUT2D eigenvalue weighted by Gasteiger charge is 2.43. The molecule has 3 aromatic rings. The van der Waals surface area contributed by atoms with E-state index in [0.29, 0.717) is 59.7 Å². The van der Waals surface area contributed by atoms with E-state index in [-0.39, 0.29) is 0 Å². The Bertz CT molecular complexity index is 2590. The van der Waals surface area contributed by atoms with Crippen LogP contribution in [0.25, 0.3) is 0 Å². The maximum absolute atomic E-state index is 6.82. The van der Waals surface area contributed by atoms with E-state index in [9.17, 15) is 0 Å². The van der Waals surface area contributed by atoms with Gasteiger partial charge >= 0.3 is 0 Å². The molecule has 0 aliphatic rings. The Morgan fingerprint density at radius 3 is 0.696 bits per heavy atom. The predicted octanol–water partition coefficient (Wildman–Crippen LogP) is 25.7. The molecule has 0 aliphatic carbocycles. The molecular formula is C86H134O4Si2. The zero-order valence-electron chi connectivity index (χ0n) is 62.2. The van der Waals surface area contributed by atoms with Crippen molar-refractivity contribution in [3.8, 4) is 82.0 Å². The molecule has 0 spiro atoms. The second-order valence-corrected chi connectivity index (χ2v) is 39.9. The first-order valence-corrected chi connectivity index (χ1v) is 42.5. The fraction of sp³-hybridized carbons (Fsp3) is 0.674. The number of ether oxygens (including phenoxy) is 4. The van der Waals surface area contributed by atoms with Crippen molar-refractivity contribution >= 4 is 16.1 Å². The minimum absolute atomic E-state index is 0.505. The van der Waals surface area contributed by atoms with Crippen LogP contribution < -0.4 is 18.9 Å². The first kappa shape index (κ1) is 81.3. The molecule has 3 aromatic carbocycles. The molecule has 0 N–H and O–H groups in total. The van der Waals surface area contributed by atoms with E-state index < -0.39 is 16.1 Å². The van der Waals surface area contributed by atoms with Crippen molar-refractivity contribution in [3.63, 3.8) is 0 Å². The molecule has 0 atom stereocenters. The lowest BCUT2D eigenvalue weighted by atomic mass is 10.0.